The summed E-state index contributed by atoms with van der Waals surface area (Å²) >= 11 is 0. The summed E-state index contributed by atoms with van der Waals surface area (Å²) in [4.78, 5) is 14.0. The van der Waals surface area contributed by atoms with Gasteiger partial charge in [-0.15, -0.1) is 0 Å². The lowest BCUT2D eigenvalue weighted by Crippen LogP contribution is -2.37. The predicted molar refractivity (Wildman–Crippen MR) is 91.3 cm³/mol. The Morgan fingerprint density at radius 3 is 2.48 bits per heavy atom. The van der Waals surface area contributed by atoms with Crippen molar-refractivity contribution in [3.8, 4) is 5.75 Å². The second kappa shape index (κ2) is 7.29. The van der Waals surface area contributed by atoms with E-state index in [1.807, 2.05) is 54.6 Å². The Labute approximate surface area is 136 Å². The Bertz CT molecular complexity index is 653. The highest BCUT2D eigenvalue weighted by atomic mass is 16.5. The van der Waals surface area contributed by atoms with Crippen LogP contribution in [0.4, 0.5) is 5.69 Å². The molecule has 1 fully saturated rings. The highest BCUT2D eigenvalue weighted by Gasteiger charge is 2.28. The molecular weight excluding hydrogens is 288 g/mol. The summed E-state index contributed by atoms with van der Waals surface area (Å²) in [5.41, 5.74) is 7.50. The average Bonchev–Trinajstić information content (AvgIpc) is 3.43. The number of nitrogens with two attached hydrogens (primary N) is 1. The molecule has 0 saturated heterocycles. The molecule has 120 valence electrons. The summed E-state index contributed by atoms with van der Waals surface area (Å²) in [6.45, 7) is 1.22. The van der Waals surface area contributed by atoms with E-state index >= 15 is 0 Å². The second-order valence-corrected chi connectivity index (χ2v) is 5.89. The minimum Gasteiger partial charge on any atom is -0.487 e. The van der Waals surface area contributed by atoms with E-state index in [9.17, 15) is 4.79 Å². The molecule has 2 N–H and O–H groups in total. The number of carbonyl (C=O) groups excluding carboxylic acids is 1. The molecule has 4 heteroatoms. The molecule has 23 heavy (non-hydrogen) atoms. The van der Waals surface area contributed by atoms with E-state index in [1.54, 1.807) is 4.90 Å². The maximum atomic E-state index is 12.2. The fourth-order valence-electron chi connectivity index (χ4n) is 2.54. The van der Waals surface area contributed by atoms with E-state index in [2.05, 4.69) is 0 Å². The minimum absolute atomic E-state index is 0.0136. The van der Waals surface area contributed by atoms with Crippen molar-refractivity contribution in [3.63, 3.8) is 0 Å². The number of nitrogens with zero attached hydrogens (tertiary/aromatic N) is 1. The van der Waals surface area contributed by atoms with Gasteiger partial charge >= 0.3 is 0 Å². The molecule has 3 rings (SSSR count). The summed E-state index contributed by atoms with van der Waals surface area (Å²) in [5, 5.41) is 0. The third-order valence-corrected chi connectivity index (χ3v) is 4.01. The van der Waals surface area contributed by atoms with Crippen molar-refractivity contribution in [2.75, 3.05) is 18.0 Å². The molecule has 0 atom stereocenters. The molecule has 1 aliphatic carbocycles. The topological polar surface area (TPSA) is 55.6 Å². The highest BCUT2D eigenvalue weighted by Crippen LogP contribution is 2.35. The standard InChI is InChI=1S/C19H22N2O2/c20-12-19(22)21(13-15-10-11-15)17-8-4-5-9-18(17)23-14-16-6-2-1-3-7-16/h1-9,15H,10-14,20H2. The van der Waals surface area contributed by atoms with Gasteiger partial charge in [-0.1, -0.05) is 42.5 Å². The molecule has 0 spiro atoms. The number of amides is 1. The quantitative estimate of drug-likeness (QED) is 0.855. The molecule has 1 aliphatic rings. The molecule has 0 bridgehead atoms. The van der Waals surface area contributed by atoms with Crippen LogP contribution in [0.25, 0.3) is 0 Å². The molecule has 2 aromatic rings. The number of anilines is 1. The average molecular weight is 310 g/mol. The zero-order valence-corrected chi connectivity index (χ0v) is 13.2. The number of benzene rings is 2. The number of carbonyl (C=O) groups is 1. The fourth-order valence-corrected chi connectivity index (χ4v) is 2.54. The van der Waals surface area contributed by atoms with Gasteiger partial charge in [0.05, 0.1) is 12.2 Å². The first-order chi connectivity index (χ1) is 11.3. The summed E-state index contributed by atoms with van der Waals surface area (Å²) in [6, 6.07) is 17.7. The third kappa shape index (κ3) is 4.11. The lowest BCUT2D eigenvalue weighted by atomic mass is 10.2. The lowest BCUT2D eigenvalue weighted by molar-refractivity contribution is -0.117. The Morgan fingerprint density at radius 2 is 1.78 bits per heavy atom. The van der Waals surface area contributed by atoms with Crippen LogP contribution in [0.15, 0.2) is 54.6 Å². The van der Waals surface area contributed by atoms with Crippen LogP contribution in [0.5, 0.6) is 5.75 Å². The van der Waals surface area contributed by atoms with Crippen molar-refractivity contribution < 1.29 is 9.53 Å². The van der Waals surface area contributed by atoms with E-state index in [4.69, 9.17) is 10.5 Å². The van der Waals surface area contributed by atoms with Gasteiger partial charge in [0.2, 0.25) is 5.91 Å². The van der Waals surface area contributed by atoms with E-state index < -0.39 is 0 Å². The van der Waals surface area contributed by atoms with Crippen molar-refractivity contribution >= 4 is 11.6 Å². The van der Waals surface area contributed by atoms with Gasteiger partial charge in [-0.05, 0) is 36.5 Å². The minimum atomic E-state index is -0.0624. The van der Waals surface area contributed by atoms with E-state index in [1.165, 1.54) is 12.8 Å². The second-order valence-electron chi connectivity index (χ2n) is 5.89. The molecule has 4 nitrogen and oxygen atoms in total. The van der Waals surface area contributed by atoms with Crippen LogP contribution in [-0.2, 0) is 11.4 Å². The molecule has 0 heterocycles. The Hall–Kier alpha value is -2.33. The summed E-state index contributed by atoms with van der Waals surface area (Å²) in [7, 11) is 0. The molecule has 0 unspecified atom stereocenters. The number of rotatable bonds is 7. The van der Waals surface area contributed by atoms with Crippen molar-refractivity contribution in [2.24, 2.45) is 11.7 Å². The first-order valence-corrected chi connectivity index (χ1v) is 8.04. The van der Waals surface area contributed by atoms with Crippen LogP contribution in [-0.4, -0.2) is 19.0 Å². The smallest absolute Gasteiger partial charge is 0.240 e. The molecule has 0 radical (unpaired) electrons. The summed E-state index contributed by atoms with van der Waals surface area (Å²) in [5.74, 6) is 1.25. The van der Waals surface area contributed by atoms with Gasteiger partial charge in [-0.2, -0.15) is 0 Å². The van der Waals surface area contributed by atoms with Gasteiger partial charge in [0.1, 0.15) is 12.4 Å². The normalized spacial score (nSPS) is 13.6. The van der Waals surface area contributed by atoms with Crippen LogP contribution in [0.2, 0.25) is 0 Å². The van der Waals surface area contributed by atoms with Gasteiger partial charge in [-0.3, -0.25) is 4.79 Å². The van der Waals surface area contributed by atoms with Crippen molar-refractivity contribution in [3.05, 3.63) is 60.2 Å². The number of ether oxygens (including phenoxy) is 1. The third-order valence-electron chi connectivity index (χ3n) is 4.01. The van der Waals surface area contributed by atoms with Gasteiger partial charge in [0, 0.05) is 6.54 Å². The van der Waals surface area contributed by atoms with Crippen molar-refractivity contribution in [1.82, 2.24) is 0 Å². The molecule has 0 aliphatic heterocycles. The van der Waals surface area contributed by atoms with E-state index in [-0.39, 0.29) is 12.5 Å². The SMILES string of the molecule is NCC(=O)N(CC1CC1)c1ccccc1OCc1ccccc1. The monoisotopic (exact) mass is 310 g/mol. The van der Waals surface area contributed by atoms with Gasteiger partial charge in [0.15, 0.2) is 0 Å². The van der Waals surface area contributed by atoms with Gasteiger partial charge in [0.25, 0.3) is 0 Å². The van der Waals surface area contributed by atoms with Crippen LogP contribution in [0, 0.1) is 5.92 Å². The van der Waals surface area contributed by atoms with Crippen LogP contribution >= 0.6 is 0 Å². The molecular formula is C19H22N2O2. The highest BCUT2D eigenvalue weighted by molar-refractivity contribution is 5.96. The Balaban J connectivity index is 1.78. The molecule has 0 aromatic heterocycles. The predicted octanol–water partition coefficient (Wildman–Crippen LogP) is 2.97. The van der Waals surface area contributed by atoms with Gasteiger partial charge < -0.3 is 15.4 Å². The number of hydrogen-bond acceptors (Lipinski definition) is 3. The van der Waals surface area contributed by atoms with E-state index in [0.717, 1.165) is 23.5 Å². The van der Waals surface area contributed by atoms with Gasteiger partial charge in [-0.25, -0.2) is 0 Å². The maximum absolute atomic E-state index is 12.2. The van der Waals surface area contributed by atoms with Crippen LogP contribution in [0.1, 0.15) is 18.4 Å². The lowest BCUT2D eigenvalue weighted by Gasteiger charge is -2.24. The van der Waals surface area contributed by atoms with E-state index in [0.29, 0.717) is 12.5 Å². The zero-order valence-electron chi connectivity index (χ0n) is 13.2. The zero-order chi connectivity index (χ0) is 16.1. The van der Waals surface area contributed by atoms with Crippen molar-refractivity contribution in [1.29, 1.82) is 0 Å². The summed E-state index contributed by atoms with van der Waals surface area (Å²) in [6.07, 6.45) is 2.36. The Morgan fingerprint density at radius 1 is 1.09 bits per heavy atom. The molecule has 2 aromatic carbocycles. The first kappa shape index (κ1) is 15.6. The molecule has 1 saturated carbocycles. The summed E-state index contributed by atoms with van der Waals surface area (Å²) < 4.78 is 5.97. The molecule has 1 amide bonds. The number of hydrogen-bond donors (Lipinski definition) is 1. The van der Waals surface area contributed by atoms with Crippen LogP contribution < -0.4 is 15.4 Å². The van der Waals surface area contributed by atoms with Crippen LogP contribution in [0.3, 0.4) is 0 Å². The number of para-hydroxylation sites is 2. The first-order valence-electron chi connectivity index (χ1n) is 8.04. The Kier molecular flexibility index (Phi) is 4.93. The fraction of sp³-hybridized carbons (Fsp3) is 0.316. The van der Waals surface area contributed by atoms with Crippen molar-refractivity contribution in [2.45, 2.75) is 19.4 Å². The maximum Gasteiger partial charge on any atom is 0.240 e. The largest absolute Gasteiger partial charge is 0.487 e.